The van der Waals surface area contributed by atoms with Crippen LogP contribution in [-0.4, -0.2) is 58.5 Å². The van der Waals surface area contributed by atoms with E-state index in [0.29, 0.717) is 0 Å². The van der Waals surface area contributed by atoms with E-state index in [4.69, 9.17) is 9.47 Å². The zero-order chi connectivity index (χ0) is 25.8. The standard InChI is InChI=1S/C22H29F4NO6/c1-20(2,3)33-19(31)27(6)15(12-21(4,5)23)18(30)32-16(17(28)29)11-13-7-9-14(10-8-13)22(24,25)26/h7-10,15-16H,11-12H2,1-6H3,(H,28,29). The Morgan fingerprint density at radius 3 is 1.91 bits per heavy atom. The van der Waals surface area contributed by atoms with Crippen LogP contribution in [-0.2, 0) is 31.7 Å². The van der Waals surface area contributed by atoms with E-state index in [1.807, 2.05) is 0 Å². The molecule has 0 heterocycles. The number of esters is 1. The molecule has 2 unspecified atom stereocenters. The lowest BCUT2D eigenvalue weighted by atomic mass is 10.00. The number of amides is 1. The Morgan fingerprint density at radius 2 is 1.52 bits per heavy atom. The number of hydrogen-bond donors (Lipinski definition) is 1. The largest absolute Gasteiger partial charge is 0.478 e. The van der Waals surface area contributed by atoms with Crippen molar-refractivity contribution in [1.82, 2.24) is 4.90 Å². The molecule has 186 valence electrons. The Labute approximate surface area is 189 Å². The van der Waals surface area contributed by atoms with Gasteiger partial charge in [-0.3, -0.25) is 4.90 Å². The van der Waals surface area contributed by atoms with E-state index < -0.39 is 66.0 Å². The fourth-order valence-electron chi connectivity index (χ4n) is 2.74. The van der Waals surface area contributed by atoms with E-state index in [0.717, 1.165) is 29.2 Å². The van der Waals surface area contributed by atoms with Crippen molar-refractivity contribution in [3.8, 4) is 0 Å². The summed E-state index contributed by atoms with van der Waals surface area (Å²) in [5.74, 6) is -2.74. The molecule has 0 spiro atoms. The minimum Gasteiger partial charge on any atom is -0.478 e. The van der Waals surface area contributed by atoms with Crippen LogP contribution in [0.4, 0.5) is 22.4 Å². The second-order valence-electron chi connectivity index (χ2n) is 9.19. The number of halogens is 4. The second kappa shape index (κ2) is 10.4. The van der Waals surface area contributed by atoms with Gasteiger partial charge in [-0.05, 0) is 52.3 Å². The number of likely N-dealkylation sites (N-methyl/N-ethyl adjacent to an activating group) is 1. The minimum absolute atomic E-state index is 0.172. The molecule has 1 amide bonds. The van der Waals surface area contributed by atoms with Gasteiger partial charge < -0.3 is 14.6 Å². The van der Waals surface area contributed by atoms with E-state index in [1.54, 1.807) is 20.8 Å². The number of aliphatic carboxylic acids is 1. The summed E-state index contributed by atoms with van der Waals surface area (Å²) >= 11 is 0. The molecule has 0 saturated heterocycles. The molecule has 1 aromatic carbocycles. The molecular weight excluding hydrogens is 450 g/mol. The molecule has 2 atom stereocenters. The third-order valence-corrected chi connectivity index (χ3v) is 4.34. The normalized spacial score (nSPS) is 14.2. The van der Waals surface area contributed by atoms with Crippen molar-refractivity contribution in [2.24, 2.45) is 0 Å². The molecule has 0 aliphatic rings. The fourth-order valence-corrected chi connectivity index (χ4v) is 2.74. The van der Waals surface area contributed by atoms with E-state index in [2.05, 4.69) is 0 Å². The number of alkyl halides is 4. The number of carboxylic acids is 1. The highest BCUT2D eigenvalue weighted by Crippen LogP contribution is 2.29. The van der Waals surface area contributed by atoms with Crippen LogP contribution >= 0.6 is 0 Å². The maximum atomic E-state index is 14.3. The van der Waals surface area contributed by atoms with Crippen LogP contribution in [0.3, 0.4) is 0 Å². The third kappa shape index (κ3) is 9.67. The van der Waals surface area contributed by atoms with E-state index in [-0.39, 0.29) is 5.56 Å². The molecule has 0 aliphatic carbocycles. The van der Waals surface area contributed by atoms with Gasteiger partial charge in [-0.25, -0.2) is 18.8 Å². The van der Waals surface area contributed by atoms with Gasteiger partial charge in [0.1, 0.15) is 17.3 Å². The highest BCUT2D eigenvalue weighted by Gasteiger charge is 2.38. The Morgan fingerprint density at radius 1 is 1.00 bits per heavy atom. The van der Waals surface area contributed by atoms with E-state index in [9.17, 15) is 37.1 Å². The molecule has 1 N–H and O–H groups in total. The number of nitrogens with zero attached hydrogens (tertiary/aromatic N) is 1. The van der Waals surface area contributed by atoms with Crippen molar-refractivity contribution >= 4 is 18.0 Å². The van der Waals surface area contributed by atoms with E-state index >= 15 is 0 Å². The zero-order valence-electron chi connectivity index (χ0n) is 19.3. The van der Waals surface area contributed by atoms with Gasteiger partial charge in [0.2, 0.25) is 6.10 Å². The average molecular weight is 479 g/mol. The van der Waals surface area contributed by atoms with Gasteiger partial charge >= 0.3 is 24.2 Å². The third-order valence-electron chi connectivity index (χ3n) is 4.34. The maximum Gasteiger partial charge on any atom is 0.416 e. The molecule has 11 heteroatoms. The van der Waals surface area contributed by atoms with Crippen molar-refractivity contribution in [2.75, 3.05) is 7.05 Å². The minimum atomic E-state index is -4.56. The van der Waals surface area contributed by atoms with Gasteiger partial charge in [0.05, 0.1) is 5.56 Å². The molecule has 0 fully saturated rings. The summed E-state index contributed by atoms with van der Waals surface area (Å²) in [6.07, 6.45) is -8.21. The summed E-state index contributed by atoms with van der Waals surface area (Å²) in [5, 5.41) is 9.45. The smallest absolute Gasteiger partial charge is 0.416 e. The first kappa shape index (κ1) is 28.2. The summed E-state index contributed by atoms with van der Waals surface area (Å²) in [5.41, 5.74) is -3.58. The SMILES string of the molecule is CN(C(=O)OC(C)(C)C)C(CC(C)(C)F)C(=O)OC(Cc1ccc(C(F)(F)F)cc1)C(=O)O. The van der Waals surface area contributed by atoms with Crippen molar-refractivity contribution < 1.29 is 46.5 Å². The Balaban J connectivity index is 3.07. The number of carbonyl (C=O) groups excluding carboxylic acids is 2. The lowest BCUT2D eigenvalue weighted by molar-refractivity contribution is -0.168. The van der Waals surface area contributed by atoms with Gasteiger partial charge in [0.15, 0.2) is 0 Å². The molecular formula is C22H29F4NO6. The number of carboxylic acid groups (broad SMARTS) is 1. The molecule has 33 heavy (non-hydrogen) atoms. The molecule has 0 radical (unpaired) electrons. The second-order valence-corrected chi connectivity index (χ2v) is 9.19. The van der Waals surface area contributed by atoms with Crippen LogP contribution in [0.15, 0.2) is 24.3 Å². The Hall–Kier alpha value is -2.85. The zero-order valence-corrected chi connectivity index (χ0v) is 19.3. The summed E-state index contributed by atoms with van der Waals surface area (Å²) in [6, 6.07) is 2.19. The van der Waals surface area contributed by atoms with Gasteiger partial charge in [0, 0.05) is 19.9 Å². The van der Waals surface area contributed by atoms with Gasteiger partial charge in [0.25, 0.3) is 0 Å². The van der Waals surface area contributed by atoms with Crippen molar-refractivity contribution in [3.05, 3.63) is 35.4 Å². The van der Waals surface area contributed by atoms with Crippen LogP contribution in [0.25, 0.3) is 0 Å². The number of rotatable bonds is 8. The van der Waals surface area contributed by atoms with Crippen LogP contribution in [0.1, 0.15) is 52.2 Å². The maximum absolute atomic E-state index is 14.3. The van der Waals surface area contributed by atoms with Crippen LogP contribution < -0.4 is 0 Å². The predicted molar refractivity (Wildman–Crippen MR) is 110 cm³/mol. The Kier molecular flexibility index (Phi) is 8.87. The number of benzene rings is 1. The Bertz CT molecular complexity index is 840. The average Bonchev–Trinajstić information content (AvgIpc) is 2.62. The van der Waals surface area contributed by atoms with Gasteiger partial charge in [-0.1, -0.05) is 12.1 Å². The van der Waals surface area contributed by atoms with Crippen LogP contribution in [0, 0.1) is 0 Å². The summed E-state index contributed by atoms with van der Waals surface area (Å²) in [4.78, 5) is 37.6. The van der Waals surface area contributed by atoms with Crippen LogP contribution in [0.5, 0.6) is 0 Å². The summed E-state index contributed by atoms with van der Waals surface area (Å²) < 4.78 is 62.7. The number of hydrogen-bond acceptors (Lipinski definition) is 5. The fraction of sp³-hybridized carbons (Fsp3) is 0.591. The molecule has 0 bridgehead atoms. The molecule has 1 aromatic rings. The molecule has 0 aliphatic heterocycles. The lowest BCUT2D eigenvalue weighted by Gasteiger charge is -2.32. The first-order valence-electron chi connectivity index (χ1n) is 10.0. The number of carbonyl (C=O) groups is 3. The molecule has 7 nitrogen and oxygen atoms in total. The summed E-state index contributed by atoms with van der Waals surface area (Å²) in [7, 11) is 1.19. The van der Waals surface area contributed by atoms with Crippen LogP contribution in [0.2, 0.25) is 0 Å². The van der Waals surface area contributed by atoms with E-state index in [1.165, 1.54) is 20.9 Å². The first-order valence-corrected chi connectivity index (χ1v) is 10.0. The highest BCUT2D eigenvalue weighted by molar-refractivity contribution is 5.84. The monoisotopic (exact) mass is 479 g/mol. The van der Waals surface area contributed by atoms with Crippen molar-refractivity contribution in [1.29, 1.82) is 0 Å². The lowest BCUT2D eigenvalue weighted by Crippen LogP contribution is -2.49. The molecule has 0 saturated carbocycles. The van der Waals surface area contributed by atoms with Crippen molar-refractivity contribution in [2.45, 2.75) is 77.1 Å². The van der Waals surface area contributed by atoms with Crippen molar-refractivity contribution in [3.63, 3.8) is 0 Å². The molecule has 1 rings (SSSR count). The molecule has 0 aromatic heterocycles. The summed E-state index contributed by atoms with van der Waals surface area (Å²) in [6.45, 7) is 7.13. The quantitative estimate of drug-likeness (QED) is 0.432. The topological polar surface area (TPSA) is 93.1 Å². The predicted octanol–water partition coefficient (Wildman–Crippen LogP) is 4.62. The van der Waals surface area contributed by atoms with Gasteiger partial charge in [-0.15, -0.1) is 0 Å². The highest BCUT2D eigenvalue weighted by atomic mass is 19.4. The number of ether oxygens (including phenoxy) is 2. The first-order chi connectivity index (χ1) is 14.8. The van der Waals surface area contributed by atoms with Gasteiger partial charge in [-0.2, -0.15) is 13.2 Å².